The highest BCUT2D eigenvalue weighted by Gasteiger charge is 2.21. The summed E-state index contributed by atoms with van der Waals surface area (Å²) in [6.45, 7) is 9.76. The van der Waals surface area contributed by atoms with Gasteiger partial charge in [-0.05, 0) is 43.7 Å². The first kappa shape index (κ1) is 22.3. The van der Waals surface area contributed by atoms with Crippen LogP contribution in [-0.4, -0.2) is 24.5 Å². The van der Waals surface area contributed by atoms with Crippen molar-refractivity contribution in [3.05, 3.63) is 48.5 Å². The minimum absolute atomic E-state index is 0.0814. The van der Waals surface area contributed by atoms with Crippen molar-refractivity contribution in [3.63, 3.8) is 0 Å². The van der Waals surface area contributed by atoms with E-state index in [0.717, 1.165) is 17.9 Å². The Morgan fingerprint density at radius 1 is 0.966 bits per heavy atom. The quantitative estimate of drug-likeness (QED) is 0.592. The molecule has 156 valence electrons. The molecule has 0 heterocycles. The van der Waals surface area contributed by atoms with Gasteiger partial charge in [-0.1, -0.05) is 39.8 Å². The van der Waals surface area contributed by atoms with E-state index in [1.807, 2.05) is 52.0 Å². The maximum atomic E-state index is 12.3. The Morgan fingerprint density at radius 2 is 1.59 bits per heavy atom. The molecule has 0 radical (unpaired) electrons. The molecule has 0 saturated carbocycles. The van der Waals surface area contributed by atoms with Crippen LogP contribution in [0.15, 0.2) is 48.5 Å². The van der Waals surface area contributed by atoms with E-state index in [1.165, 1.54) is 0 Å². The summed E-state index contributed by atoms with van der Waals surface area (Å²) in [6, 6.07) is 14.7. The molecule has 2 aromatic rings. The third-order valence-corrected chi connectivity index (χ3v) is 4.28. The molecule has 0 aliphatic rings. The van der Waals surface area contributed by atoms with Crippen molar-refractivity contribution in [2.45, 2.75) is 47.1 Å². The second-order valence-electron chi connectivity index (χ2n) is 8.05. The van der Waals surface area contributed by atoms with Gasteiger partial charge in [0.05, 0.1) is 12.6 Å². The first-order chi connectivity index (χ1) is 13.7. The molecule has 0 saturated heterocycles. The van der Waals surface area contributed by atoms with E-state index in [1.54, 1.807) is 24.3 Å². The Balaban J connectivity index is 1.91. The second-order valence-corrected chi connectivity index (χ2v) is 8.05. The van der Waals surface area contributed by atoms with E-state index in [9.17, 15) is 9.59 Å². The standard InChI is InChI=1S/C23H31N3O3/c1-6-16(2)29-20-12-8-9-17(14-20)24-15-21(27)25-18-10-7-11-19(13-18)26-22(28)23(3,4)5/h7-14,16,24H,6,15H2,1-5H3,(H,25,27)(H,26,28). The van der Waals surface area contributed by atoms with E-state index in [-0.39, 0.29) is 24.5 Å². The molecule has 2 amide bonds. The van der Waals surface area contributed by atoms with Crippen molar-refractivity contribution in [2.75, 3.05) is 22.5 Å². The van der Waals surface area contributed by atoms with Crippen molar-refractivity contribution < 1.29 is 14.3 Å². The maximum Gasteiger partial charge on any atom is 0.243 e. The summed E-state index contributed by atoms with van der Waals surface area (Å²) in [6.07, 6.45) is 1.06. The fraction of sp³-hybridized carbons (Fsp3) is 0.391. The number of carbonyl (C=O) groups is 2. The summed E-state index contributed by atoms with van der Waals surface area (Å²) in [5, 5.41) is 8.80. The largest absolute Gasteiger partial charge is 0.491 e. The van der Waals surface area contributed by atoms with Gasteiger partial charge in [0.15, 0.2) is 0 Å². The van der Waals surface area contributed by atoms with Gasteiger partial charge in [0.2, 0.25) is 11.8 Å². The lowest BCUT2D eigenvalue weighted by atomic mass is 9.95. The first-order valence-electron chi connectivity index (χ1n) is 9.89. The Kier molecular flexibility index (Phi) is 7.65. The molecule has 2 rings (SSSR count). The van der Waals surface area contributed by atoms with Crippen LogP contribution in [0.25, 0.3) is 0 Å². The molecule has 0 bridgehead atoms. The number of carbonyl (C=O) groups excluding carboxylic acids is 2. The van der Waals surface area contributed by atoms with Gasteiger partial charge in [-0.2, -0.15) is 0 Å². The number of rotatable bonds is 8. The number of nitrogens with one attached hydrogen (secondary N) is 3. The van der Waals surface area contributed by atoms with Gasteiger partial charge < -0.3 is 20.7 Å². The van der Waals surface area contributed by atoms with E-state index in [4.69, 9.17) is 4.74 Å². The average Bonchev–Trinajstić information content (AvgIpc) is 2.66. The predicted octanol–water partition coefficient (Wildman–Crippen LogP) is 4.90. The molecule has 6 nitrogen and oxygen atoms in total. The van der Waals surface area contributed by atoms with Gasteiger partial charge in [0, 0.05) is 28.5 Å². The number of ether oxygens (including phenoxy) is 1. The van der Waals surface area contributed by atoms with Crippen LogP contribution in [0.4, 0.5) is 17.1 Å². The van der Waals surface area contributed by atoms with Crippen LogP contribution >= 0.6 is 0 Å². The summed E-state index contributed by atoms with van der Waals surface area (Å²) >= 11 is 0. The molecular formula is C23H31N3O3. The van der Waals surface area contributed by atoms with Gasteiger partial charge in [0.25, 0.3) is 0 Å². The Hall–Kier alpha value is -3.02. The molecule has 6 heteroatoms. The van der Waals surface area contributed by atoms with E-state index in [2.05, 4.69) is 22.9 Å². The van der Waals surface area contributed by atoms with Crippen molar-refractivity contribution in [3.8, 4) is 5.75 Å². The number of anilines is 3. The lowest BCUT2D eigenvalue weighted by Crippen LogP contribution is -2.27. The highest BCUT2D eigenvalue weighted by atomic mass is 16.5. The van der Waals surface area contributed by atoms with Crippen molar-refractivity contribution in [2.24, 2.45) is 5.41 Å². The minimum Gasteiger partial charge on any atom is -0.491 e. The van der Waals surface area contributed by atoms with Crippen LogP contribution in [0.3, 0.4) is 0 Å². The number of hydrogen-bond donors (Lipinski definition) is 3. The third-order valence-electron chi connectivity index (χ3n) is 4.28. The molecule has 2 aromatic carbocycles. The molecule has 0 aliphatic heterocycles. The Morgan fingerprint density at radius 3 is 2.24 bits per heavy atom. The van der Waals surface area contributed by atoms with Crippen LogP contribution in [0.1, 0.15) is 41.0 Å². The summed E-state index contributed by atoms with van der Waals surface area (Å²) in [5.41, 5.74) is 1.59. The fourth-order valence-corrected chi connectivity index (χ4v) is 2.38. The second kappa shape index (κ2) is 9.96. The normalized spacial score (nSPS) is 12.0. The van der Waals surface area contributed by atoms with Gasteiger partial charge in [0.1, 0.15) is 5.75 Å². The first-order valence-corrected chi connectivity index (χ1v) is 9.89. The zero-order valence-corrected chi connectivity index (χ0v) is 17.8. The number of benzene rings is 2. The summed E-state index contributed by atoms with van der Waals surface area (Å²) in [5.74, 6) is 0.506. The van der Waals surface area contributed by atoms with Gasteiger partial charge in [-0.15, -0.1) is 0 Å². The average molecular weight is 398 g/mol. The van der Waals surface area contributed by atoms with E-state index >= 15 is 0 Å². The monoisotopic (exact) mass is 397 g/mol. The zero-order chi connectivity index (χ0) is 21.4. The van der Waals surface area contributed by atoms with Crippen LogP contribution in [-0.2, 0) is 9.59 Å². The number of hydrogen-bond acceptors (Lipinski definition) is 4. The van der Waals surface area contributed by atoms with Crippen LogP contribution in [0, 0.1) is 5.41 Å². The summed E-state index contributed by atoms with van der Waals surface area (Å²) in [4.78, 5) is 24.4. The van der Waals surface area contributed by atoms with Crippen molar-refractivity contribution in [1.82, 2.24) is 0 Å². The topological polar surface area (TPSA) is 79.5 Å². The van der Waals surface area contributed by atoms with Crippen molar-refractivity contribution in [1.29, 1.82) is 0 Å². The molecular weight excluding hydrogens is 366 g/mol. The van der Waals surface area contributed by atoms with Gasteiger partial charge in [-0.3, -0.25) is 9.59 Å². The minimum atomic E-state index is -0.490. The zero-order valence-electron chi connectivity index (χ0n) is 17.8. The van der Waals surface area contributed by atoms with Crippen LogP contribution in [0.2, 0.25) is 0 Å². The smallest absolute Gasteiger partial charge is 0.243 e. The molecule has 0 aliphatic carbocycles. The summed E-state index contributed by atoms with van der Waals surface area (Å²) in [7, 11) is 0. The molecule has 1 unspecified atom stereocenters. The highest BCUT2D eigenvalue weighted by Crippen LogP contribution is 2.21. The molecule has 0 fully saturated rings. The molecule has 1 atom stereocenters. The SMILES string of the molecule is CCC(C)Oc1cccc(NCC(=O)Nc2cccc(NC(=O)C(C)(C)C)c2)c1. The Labute approximate surface area is 173 Å². The van der Waals surface area contributed by atoms with E-state index in [0.29, 0.717) is 11.4 Å². The van der Waals surface area contributed by atoms with Crippen LogP contribution < -0.4 is 20.7 Å². The van der Waals surface area contributed by atoms with Crippen LogP contribution in [0.5, 0.6) is 5.75 Å². The lowest BCUT2D eigenvalue weighted by molar-refractivity contribution is -0.123. The predicted molar refractivity (Wildman–Crippen MR) is 118 cm³/mol. The van der Waals surface area contributed by atoms with Crippen molar-refractivity contribution >= 4 is 28.9 Å². The molecule has 29 heavy (non-hydrogen) atoms. The maximum absolute atomic E-state index is 12.3. The fourth-order valence-electron chi connectivity index (χ4n) is 2.38. The third kappa shape index (κ3) is 7.49. The lowest BCUT2D eigenvalue weighted by Gasteiger charge is -2.18. The van der Waals surface area contributed by atoms with Gasteiger partial charge >= 0.3 is 0 Å². The molecule has 0 spiro atoms. The summed E-state index contributed by atoms with van der Waals surface area (Å²) < 4.78 is 5.80. The number of amides is 2. The highest BCUT2D eigenvalue weighted by molar-refractivity contribution is 5.97. The van der Waals surface area contributed by atoms with Gasteiger partial charge in [-0.25, -0.2) is 0 Å². The Bertz CT molecular complexity index is 843. The van der Waals surface area contributed by atoms with E-state index < -0.39 is 5.41 Å². The molecule has 0 aromatic heterocycles. The molecule has 3 N–H and O–H groups in total.